The van der Waals surface area contributed by atoms with Gasteiger partial charge >= 0.3 is 5.97 Å². The summed E-state index contributed by atoms with van der Waals surface area (Å²) in [5.74, 6) is -0.385. The summed E-state index contributed by atoms with van der Waals surface area (Å²) < 4.78 is 17.9. The van der Waals surface area contributed by atoms with Gasteiger partial charge in [-0.1, -0.05) is 24.6 Å². The average Bonchev–Trinajstić information content (AvgIpc) is 2.74. The van der Waals surface area contributed by atoms with E-state index in [4.69, 9.17) is 16.3 Å². The van der Waals surface area contributed by atoms with E-state index in [9.17, 15) is 9.18 Å². The lowest BCUT2D eigenvalue weighted by Crippen LogP contribution is -2.24. The van der Waals surface area contributed by atoms with E-state index >= 15 is 0 Å². The fraction of sp³-hybridized carbons (Fsp3) is 0.500. The predicted octanol–water partition coefficient (Wildman–Crippen LogP) is 2.72. The lowest BCUT2D eigenvalue weighted by Gasteiger charge is -2.15. The highest BCUT2D eigenvalue weighted by molar-refractivity contribution is 6.30. The van der Waals surface area contributed by atoms with Crippen LogP contribution in [-0.4, -0.2) is 31.1 Å². The number of ether oxygens (including phenoxy) is 1. The SMILES string of the molecule is COC(=O)C1CN(Cc2ccc(F)c(Cl)c2)CC1C. The van der Waals surface area contributed by atoms with Gasteiger partial charge < -0.3 is 4.74 Å². The van der Waals surface area contributed by atoms with Crippen LogP contribution in [0.1, 0.15) is 12.5 Å². The van der Waals surface area contributed by atoms with E-state index in [0.29, 0.717) is 13.1 Å². The molecule has 0 amide bonds. The van der Waals surface area contributed by atoms with E-state index in [-0.39, 0.29) is 22.8 Å². The smallest absolute Gasteiger partial charge is 0.310 e. The average molecular weight is 286 g/mol. The number of hydrogen-bond acceptors (Lipinski definition) is 3. The molecule has 0 aromatic heterocycles. The molecule has 1 aromatic carbocycles. The zero-order chi connectivity index (χ0) is 14.0. The molecule has 2 rings (SSSR count). The number of methoxy groups -OCH3 is 1. The highest BCUT2D eigenvalue weighted by atomic mass is 35.5. The largest absolute Gasteiger partial charge is 0.469 e. The van der Waals surface area contributed by atoms with Crippen molar-refractivity contribution in [2.75, 3.05) is 20.2 Å². The first kappa shape index (κ1) is 14.3. The van der Waals surface area contributed by atoms with Crippen LogP contribution >= 0.6 is 11.6 Å². The summed E-state index contributed by atoms with van der Waals surface area (Å²) in [5.41, 5.74) is 0.948. The number of benzene rings is 1. The summed E-state index contributed by atoms with van der Waals surface area (Å²) in [7, 11) is 1.41. The van der Waals surface area contributed by atoms with Crippen molar-refractivity contribution in [2.45, 2.75) is 13.5 Å². The molecule has 5 heteroatoms. The van der Waals surface area contributed by atoms with Gasteiger partial charge in [-0.05, 0) is 23.6 Å². The molecular weight excluding hydrogens is 269 g/mol. The Kier molecular flexibility index (Phi) is 4.42. The molecule has 0 spiro atoms. The molecule has 1 aliphatic heterocycles. The van der Waals surface area contributed by atoms with Crippen LogP contribution in [-0.2, 0) is 16.1 Å². The molecule has 1 aliphatic rings. The number of halogens is 2. The van der Waals surface area contributed by atoms with Gasteiger partial charge in [-0.15, -0.1) is 0 Å². The molecule has 2 unspecified atom stereocenters. The Morgan fingerprint density at radius 2 is 2.26 bits per heavy atom. The zero-order valence-corrected chi connectivity index (χ0v) is 11.8. The van der Waals surface area contributed by atoms with Crippen molar-refractivity contribution >= 4 is 17.6 Å². The molecule has 1 saturated heterocycles. The molecule has 0 radical (unpaired) electrons. The van der Waals surface area contributed by atoms with Crippen LogP contribution in [0.5, 0.6) is 0 Å². The molecule has 1 heterocycles. The number of rotatable bonds is 3. The van der Waals surface area contributed by atoms with Gasteiger partial charge in [0.25, 0.3) is 0 Å². The molecule has 0 saturated carbocycles. The lowest BCUT2D eigenvalue weighted by atomic mass is 9.99. The van der Waals surface area contributed by atoms with E-state index in [2.05, 4.69) is 4.90 Å². The number of likely N-dealkylation sites (tertiary alicyclic amines) is 1. The Bertz CT molecular complexity index is 481. The maximum Gasteiger partial charge on any atom is 0.310 e. The third kappa shape index (κ3) is 3.25. The van der Waals surface area contributed by atoms with Crippen molar-refractivity contribution in [1.82, 2.24) is 4.90 Å². The monoisotopic (exact) mass is 285 g/mol. The molecule has 19 heavy (non-hydrogen) atoms. The lowest BCUT2D eigenvalue weighted by molar-refractivity contribution is -0.146. The zero-order valence-electron chi connectivity index (χ0n) is 11.0. The maximum absolute atomic E-state index is 13.1. The summed E-state index contributed by atoms with van der Waals surface area (Å²) in [6.45, 7) is 4.20. The second-order valence-electron chi connectivity index (χ2n) is 5.05. The van der Waals surface area contributed by atoms with Gasteiger partial charge in [-0.25, -0.2) is 4.39 Å². The quantitative estimate of drug-likeness (QED) is 0.800. The van der Waals surface area contributed by atoms with Gasteiger partial charge in [0, 0.05) is 19.6 Å². The van der Waals surface area contributed by atoms with Gasteiger partial charge in [-0.2, -0.15) is 0 Å². The van der Waals surface area contributed by atoms with Gasteiger partial charge in [0.15, 0.2) is 0 Å². The fourth-order valence-corrected chi connectivity index (χ4v) is 2.75. The van der Waals surface area contributed by atoms with Gasteiger partial charge in [0.2, 0.25) is 0 Å². The van der Waals surface area contributed by atoms with Gasteiger partial charge in [-0.3, -0.25) is 9.69 Å². The van der Waals surface area contributed by atoms with Crippen LogP contribution in [0.2, 0.25) is 5.02 Å². The van der Waals surface area contributed by atoms with Gasteiger partial charge in [0.05, 0.1) is 18.1 Å². The number of nitrogens with zero attached hydrogens (tertiary/aromatic N) is 1. The minimum absolute atomic E-state index is 0.0825. The molecular formula is C14H17ClFNO2. The molecule has 1 aromatic rings. The molecule has 0 N–H and O–H groups in total. The number of hydrogen-bond donors (Lipinski definition) is 0. The van der Waals surface area contributed by atoms with Crippen LogP contribution < -0.4 is 0 Å². The molecule has 1 fully saturated rings. The first-order chi connectivity index (χ1) is 9.01. The van der Waals surface area contributed by atoms with Crippen molar-refractivity contribution < 1.29 is 13.9 Å². The summed E-state index contributed by atoms with van der Waals surface area (Å²) in [4.78, 5) is 13.8. The number of esters is 1. The first-order valence-electron chi connectivity index (χ1n) is 6.25. The molecule has 0 aliphatic carbocycles. The standard InChI is InChI=1S/C14H17ClFNO2/c1-9-6-17(8-11(9)14(18)19-2)7-10-3-4-13(16)12(15)5-10/h3-5,9,11H,6-8H2,1-2H3. The molecule has 3 nitrogen and oxygen atoms in total. The van der Waals surface area contributed by atoms with E-state index in [1.807, 2.05) is 6.92 Å². The Balaban J connectivity index is 2.01. The van der Waals surface area contributed by atoms with Crippen LogP contribution in [0.25, 0.3) is 0 Å². The van der Waals surface area contributed by atoms with Crippen molar-refractivity contribution in [1.29, 1.82) is 0 Å². The normalized spacial score (nSPS) is 23.6. The third-order valence-corrected chi connectivity index (χ3v) is 3.87. The summed E-state index contributed by atoms with van der Waals surface area (Å²) in [6, 6.07) is 4.72. The topological polar surface area (TPSA) is 29.5 Å². The number of carbonyl (C=O) groups is 1. The van der Waals surface area contributed by atoms with Gasteiger partial charge in [0.1, 0.15) is 5.82 Å². The Morgan fingerprint density at radius 1 is 1.53 bits per heavy atom. The van der Waals surface area contributed by atoms with Crippen LogP contribution in [0.3, 0.4) is 0 Å². The minimum atomic E-state index is -0.410. The van der Waals surface area contributed by atoms with Crippen molar-refractivity contribution in [3.8, 4) is 0 Å². The van der Waals surface area contributed by atoms with Crippen molar-refractivity contribution in [3.05, 3.63) is 34.6 Å². The maximum atomic E-state index is 13.1. The predicted molar refractivity (Wildman–Crippen MR) is 71.4 cm³/mol. The highest BCUT2D eigenvalue weighted by Gasteiger charge is 2.35. The fourth-order valence-electron chi connectivity index (χ4n) is 2.55. The van der Waals surface area contributed by atoms with Crippen molar-refractivity contribution in [3.63, 3.8) is 0 Å². The van der Waals surface area contributed by atoms with Crippen LogP contribution in [0, 0.1) is 17.7 Å². The molecule has 2 atom stereocenters. The Hall–Kier alpha value is -1.13. The summed E-state index contributed by atoms with van der Waals surface area (Å²) in [6.07, 6.45) is 0. The van der Waals surface area contributed by atoms with Crippen molar-refractivity contribution in [2.24, 2.45) is 11.8 Å². The second kappa shape index (κ2) is 5.88. The second-order valence-corrected chi connectivity index (χ2v) is 5.46. The first-order valence-corrected chi connectivity index (χ1v) is 6.63. The van der Waals surface area contributed by atoms with Crippen LogP contribution in [0.15, 0.2) is 18.2 Å². The summed E-state index contributed by atoms with van der Waals surface area (Å²) >= 11 is 5.76. The van der Waals surface area contributed by atoms with E-state index < -0.39 is 5.82 Å². The highest BCUT2D eigenvalue weighted by Crippen LogP contribution is 2.26. The molecule has 0 bridgehead atoms. The Labute approximate surface area is 117 Å². The Morgan fingerprint density at radius 3 is 2.89 bits per heavy atom. The minimum Gasteiger partial charge on any atom is -0.469 e. The number of carbonyl (C=O) groups excluding carboxylic acids is 1. The summed E-state index contributed by atoms with van der Waals surface area (Å²) in [5, 5.41) is 0.134. The molecule has 104 valence electrons. The van der Waals surface area contributed by atoms with E-state index in [1.54, 1.807) is 12.1 Å². The van der Waals surface area contributed by atoms with Crippen LogP contribution in [0.4, 0.5) is 4.39 Å². The van der Waals surface area contributed by atoms with E-state index in [0.717, 1.165) is 12.1 Å². The third-order valence-electron chi connectivity index (χ3n) is 3.58. The van der Waals surface area contributed by atoms with E-state index in [1.165, 1.54) is 13.2 Å².